The monoisotopic (exact) mass is 440 g/mol. The molecule has 170 valence electrons. The molecule has 1 saturated heterocycles. The van der Waals surface area contributed by atoms with Crippen LogP contribution in [-0.4, -0.2) is 55.2 Å². The predicted octanol–water partition coefficient (Wildman–Crippen LogP) is 3.27. The van der Waals surface area contributed by atoms with Crippen molar-refractivity contribution >= 4 is 11.8 Å². The highest BCUT2D eigenvalue weighted by Gasteiger charge is 2.44. The van der Waals surface area contributed by atoms with Gasteiger partial charge in [0.1, 0.15) is 18.2 Å². The smallest absolute Gasteiger partial charge is 0.254 e. The number of benzene rings is 2. The van der Waals surface area contributed by atoms with Gasteiger partial charge in [0, 0.05) is 12.1 Å². The minimum atomic E-state index is -1.12. The molecular weight excluding hydrogens is 411 g/mol. The zero-order valence-corrected chi connectivity index (χ0v) is 18.4. The third-order valence-electron chi connectivity index (χ3n) is 6.20. The Morgan fingerprint density at radius 3 is 2.84 bits per heavy atom. The first-order valence-electron chi connectivity index (χ1n) is 11.2. The van der Waals surface area contributed by atoms with E-state index < -0.39 is 11.4 Å². The maximum absolute atomic E-state index is 14.0. The standard InChI is InChI=1S/C25H29FN2O4/c1-18-9-10-20(16-21(18)26)23(29)28-13-15-32-25(17-28)11-5-4-7-19-6-2-3-8-22(19)31-14-12-27-24(25)30/h2-3,6,8-10,16H,4-5,7,11-15,17H2,1H3,(H,27,30). The lowest BCUT2D eigenvalue weighted by Gasteiger charge is -2.42. The molecule has 0 bridgehead atoms. The van der Waals surface area contributed by atoms with E-state index in [1.807, 2.05) is 18.2 Å². The summed E-state index contributed by atoms with van der Waals surface area (Å²) < 4.78 is 25.9. The van der Waals surface area contributed by atoms with Crippen LogP contribution in [0.1, 0.15) is 40.7 Å². The maximum Gasteiger partial charge on any atom is 0.254 e. The van der Waals surface area contributed by atoms with Crippen LogP contribution in [0.4, 0.5) is 4.39 Å². The van der Waals surface area contributed by atoms with Gasteiger partial charge in [0.15, 0.2) is 5.60 Å². The second-order valence-corrected chi connectivity index (χ2v) is 8.45. The average molecular weight is 441 g/mol. The maximum atomic E-state index is 14.0. The van der Waals surface area contributed by atoms with E-state index in [0.29, 0.717) is 31.7 Å². The van der Waals surface area contributed by atoms with Crippen molar-refractivity contribution in [2.75, 3.05) is 32.8 Å². The largest absolute Gasteiger partial charge is 0.491 e. The first-order chi connectivity index (χ1) is 15.5. The molecule has 2 aliphatic rings. The van der Waals surface area contributed by atoms with Crippen molar-refractivity contribution in [3.63, 3.8) is 0 Å². The number of nitrogens with one attached hydrogen (secondary N) is 1. The molecule has 1 unspecified atom stereocenters. The Hall–Kier alpha value is -2.93. The van der Waals surface area contributed by atoms with Gasteiger partial charge in [0.25, 0.3) is 11.8 Å². The Labute approximate surface area is 187 Å². The number of para-hydroxylation sites is 1. The van der Waals surface area contributed by atoms with E-state index in [1.165, 1.54) is 6.07 Å². The number of morpholine rings is 1. The summed E-state index contributed by atoms with van der Waals surface area (Å²) in [6.07, 6.45) is 2.99. The first-order valence-corrected chi connectivity index (χ1v) is 11.2. The van der Waals surface area contributed by atoms with Crippen LogP contribution in [0.15, 0.2) is 42.5 Å². The Bertz CT molecular complexity index is 996. The summed E-state index contributed by atoms with van der Waals surface area (Å²) in [6.45, 7) is 3.11. The minimum absolute atomic E-state index is 0.143. The Kier molecular flexibility index (Phi) is 6.74. The van der Waals surface area contributed by atoms with E-state index in [1.54, 1.807) is 24.0 Å². The van der Waals surface area contributed by atoms with E-state index in [-0.39, 0.29) is 30.5 Å². The molecule has 1 fully saturated rings. The summed E-state index contributed by atoms with van der Waals surface area (Å²) >= 11 is 0. The van der Waals surface area contributed by atoms with Crippen molar-refractivity contribution in [2.24, 2.45) is 0 Å². The van der Waals surface area contributed by atoms with Gasteiger partial charge < -0.3 is 19.7 Å². The van der Waals surface area contributed by atoms with Crippen LogP contribution in [0, 0.1) is 12.7 Å². The topological polar surface area (TPSA) is 67.9 Å². The zero-order valence-electron chi connectivity index (χ0n) is 18.4. The second kappa shape index (κ2) is 9.69. The number of ether oxygens (including phenoxy) is 2. The van der Waals surface area contributed by atoms with Crippen LogP contribution in [-0.2, 0) is 16.0 Å². The summed E-state index contributed by atoms with van der Waals surface area (Å²) in [5.41, 5.74) is 0.804. The molecule has 4 rings (SSSR count). The molecule has 0 saturated carbocycles. The number of fused-ring (bicyclic) bond motifs is 1. The van der Waals surface area contributed by atoms with Crippen molar-refractivity contribution in [2.45, 2.75) is 38.2 Å². The van der Waals surface area contributed by atoms with Crippen molar-refractivity contribution in [1.29, 1.82) is 0 Å². The lowest BCUT2D eigenvalue weighted by atomic mass is 9.91. The quantitative estimate of drug-likeness (QED) is 0.739. The summed E-state index contributed by atoms with van der Waals surface area (Å²) in [4.78, 5) is 27.8. The molecule has 2 aromatic rings. The number of carbonyl (C=O) groups is 2. The fourth-order valence-electron chi connectivity index (χ4n) is 4.33. The van der Waals surface area contributed by atoms with E-state index >= 15 is 0 Å². The summed E-state index contributed by atoms with van der Waals surface area (Å²) in [7, 11) is 0. The van der Waals surface area contributed by atoms with E-state index in [2.05, 4.69) is 11.4 Å². The van der Waals surface area contributed by atoms with Gasteiger partial charge in [-0.05, 0) is 61.9 Å². The fourth-order valence-corrected chi connectivity index (χ4v) is 4.33. The van der Waals surface area contributed by atoms with Crippen molar-refractivity contribution < 1.29 is 23.5 Å². The third-order valence-corrected chi connectivity index (χ3v) is 6.20. The van der Waals surface area contributed by atoms with Gasteiger partial charge in [-0.15, -0.1) is 0 Å². The minimum Gasteiger partial charge on any atom is -0.491 e. The zero-order chi connectivity index (χ0) is 22.6. The molecule has 6 nitrogen and oxygen atoms in total. The molecule has 0 aliphatic carbocycles. The number of nitrogens with zero attached hydrogens (tertiary/aromatic N) is 1. The van der Waals surface area contributed by atoms with E-state index in [9.17, 15) is 14.0 Å². The summed E-state index contributed by atoms with van der Waals surface area (Å²) in [5, 5.41) is 2.92. The molecule has 0 aromatic heterocycles. The number of rotatable bonds is 1. The summed E-state index contributed by atoms with van der Waals surface area (Å²) in [5.74, 6) is -0.0822. The van der Waals surface area contributed by atoms with Crippen molar-refractivity contribution in [3.05, 3.63) is 65.0 Å². The predicted molar refractivity (Wildman–Crippen MR) is 118 cm³/mol. The number of hydrogen-bond acceptors (Lipinski definition) is 4. The average Bonchev–Trinajstić information content (AvgIpc) is 2.81. The molecule has 7 heteroatoms. The van der Waals surface area contributed by atoms with Crippen LogP contribution in [0.5, 0.6) is 5.75 Å². The molecular formula is C25H29FN2O4. The highest BCUT2D eigenvalue weighted by Crippen LogP contribution is 2.28. The number of amides is 2. The van der Waals surface area contributed by atoms with Gasteiger partial charge in [-0.2, -0.15) is 0 Å². The molecule has 2 aliphatic heterocycles. The lowest BCUT2D eigenvalue weighted by Crippen LogP contribution is -2.61. The van der Waals surface area contributed by atoms with Gasteiger partial charge in [-0.1, -0.05) is 24.3 Å². The van der Waals surface area contributed by atoms with Crippen LogP contribution in [0.25, 0.3) is 0 Å². The summed E-state index contributed by atoms with van der Waals surface area (Å²) in [6, 6.07) is 12.4. The van der Waals surface area contributed by atoms with E-state index in [0.717, 1.165) is 30.6 Å². The molecule has 0 radical (unpaired) electrons. The Morgan fingerprint density at radius 1 is 1.16 bits per heavy atom. The molecule has 1 N–H and O–H groups in total. The molecule has 2 aromatic carbocycles. The first kappa shape index (κ1) is 22.3. The lowest BCUT2D eigenvalue weighted by molar-refractivity contribution is -0.159. The van der Waals surface area contributed by atoms with Gasteiger partial charge in [0.2, 0.25) is 0 Å². The number of carbonyl (C=O) groups excluding carboxylic acids is 2. The number of aryl methyl sites for hydroxylation is 2. The van der Waals surface area contributed by atoms with Crippen LogP contribution in [0.2, 0.25) is 0 Å². The van der Waals surface area contributed by atoms with Crippen LogP contribution >= 0.6 is 0 Å². The van der Waals surface area contributed by atoms with Crippen molar-refractivity contribution in [3.8, 4) is 5.75 Å². The highest BCUT2D eigenvalue weighted by molar-refractivity contribution is 5.95. The molecule has 2 heterocycles. The van der Waals surface area contributed by atoms with E-state index in [4.69, 9.17) is 9.47 Å². The number of hydrogen-bond donors (Lipinski definition) is 1. The molecule has 2 amide bonds. The highest BCUT2D eigenvalue weighted by atomic mass is 19.1. The Morgan fingerprint density at radius 2 is 2.00 bits per heavy atom. The third kappa shape index (κ3) is 4.78. The van der Waals surface area contributed by atoms with Crippen molar-refractivity contribution in [1.82, 2.24) is 10.2 Å². The normalized spacial score (nSPS) is 22.2. The number of halogens is 1. The fraction of sp³-hybridized carbons (Fsp3) is 0.440. The molecule has 1 spiro atoms. The van der Waals surface area contributed by atoms with Gasteiger partial charge >= 0.3 is 0 Å². The molecule has 32 heavy (non-hydrogen) atoms. The molecule has 1 atom stereocenters. The van der Waals surface area contributed by atoms with Gasteiger partial charge in [-0.25, -0.2) is 4.39 Å². The van der Waals surface area contributed by atoms with Crippen LogP contribution in [0.3, 0.4) is 0 Å². The van der Waals surface area contributed by atoms with Crippen LogP contribution < -0.4 is 10.1 Å². The van der Waals surface area contributed by atoms with Gasteiger partial charge in [-0.3, -0.25) is 9.59 Å². The second-order valence-electron chi connectivity index (χ2n) is 8.45. The Balaban J connectivity index is 1.50. The van der Waals surface area contributed by atoms with Gasteiger partial charge in [0.05, 0.1) is 19.7 Å². The SMILES string of the molecule is Cc1ccc(C(=O)N2CCOC3(CCCCc4ccccc4OCCNC3=O)C2)cc1F.